The molecule has 1 aromatic carbocycles. The minimum Gasteiger partial charge on any atom is -0.383 e. The van der Waals surface area contributed by atoms with Crippen LogP contribution in [-0.4, -0.2) is 9.55 Å². The van der Waals surface area contributed by atoms with E-state index in [-0.39, 0.29) is 0 Å². The minimum absolute atomic E-state index is 0.475. The fraction of sp³-hybridized carbons (Fsp3) is 0.353. The molecule has 104 valence electrons. The van der Waals surface area contributed by atoms with Crippen molar-refractivity contribution in [1.29, 1.82) is 0 Å². The van der Waals surface area contributed by atoms with E-state index in [2.05, 4.69) is 31.9 Å². The number of benzene rings is 1. The molecule has 3 heteroatoms. The molecule has 2 aromatic rings. The van der Waals surface area contributed by atoms with Crippen molar-refractivity contribution in [1.82, 2.24) is 9.55 Å². The Morgan fingerprint density at radius 2 is 2.05 bits per heavy atom. The maximum atomic E-state index is 6.28. The molecule has 0 unspecified atom stereocenters. The van der Waals surface area contributed by atoms with Crippen LogP contribution in [0.3, 0.4) is 0 Å². The minimum atomic E-state index is 0.475. The second-order valence-corrected chi connectivity index (χ2v) is 4.81. The second kappa shape index (κ2) is 6.29. The van der Waals surface area contributed by atoms with Crippen LogP contribution in [-0.2, 0) is 19.4 Å². The molecule has 0 aliphatic carbocycles. The summed E-state index contributed by atoms with van der Waals surface area (Å²) in [4.78, 5) is 4.74. The number of nitrogens with two attached hydrogens (primary N) is 1. The van der Waals surface area contributed by atoms with Crippen molar-refractivity contribution >= 4 is 5.82 Å². The lowest BCUT2D eigenvalue weighted by atomic mass is 10.0. The van der Waals surface area contributed by atoms with Gasteiger partial charge in [-0.05, 0) is 18.4 Å². The second-order valence-electron chi connectivity index (χ2n) is 4.81. The summed E-state index contributed by atoms with van der Waals surface area (Å²) >= 11 is 0. The van der Waals surface area contributed by atoms with Gasteiger partial charge in [-0.1, -0.05) is 44.0 Å². The zero-order valence-electron chi connectivity index (χ0n) is 12.2. The van der Waals surface area contributed by atoms with Crippen LogP contribution in [0.15, 0.2) is 24.3 Å². The van der Waals surface area contributed by atoms with Crippen LogP contribution in [0.2, 0.25) is 0 Å². The van der Waals surface area contributed by atoms with E-state index in [1.54, 1.807) is 0 Å². The number of aromatic nitrogens is 2. The molecular formula is C17H21N3. The number of hydrogen-bond donors (Lipinski definition) is 1. The molecule has 1 aromatic heterocycles. The maximum absolute atomic E-state index is 6.28. The predicted molar refractivity (Wildman–Crippen MR) is 84.3 cm³/mol. The van der Waals surface area contributed by atoms with Crippen molar-refractivity contribution in [3.05, 3.63) is 35.7 Å². The van der Waals surface area contributed by atoms with Gasteiger partial charge in [0.15, 0.2) is 0 Å². The van der Waals surface area contributed by atoms with E-state index in [1.807, 2.05) is 16.7 Å². The van der Waals surface area contributed by atoms with Gasteiger partial charge in [0, 0.05) is 12.0 Å². The molecule has 0 saturated heterocycles. The van der Waals surface area contributed by atoms with Crippen LogP contribution >= 0.6 is 0 Å². The van der Waals surface area contributed by atoms with Crippen molar-refractivity contribution < 1.29 is 0 Å². The standard InChI is InChI=1S/C17H21N3/c1-4-9-15-19-16(17(18)20(15)12-5-2)14-11-8-7-10-13(14)6-3/h2,7-8,10-11H,4,6,9,12,18H2,1,3H3. The quantitative estimate of drug-likeness (QED) is 0.845. The number of nitrogen functional groups attached to an aromatic ring is 1. The molecule has 0 aliphatic heterocycles. The van der Waals surface area contributed by atoms with Gasteiger partial charge in [0.05, 0.1) is 6.54 Å². The third-order valence-electron chi connectivity index (χ3n) is 3.46. The largest absolute Gasteiger partial charge is 0.383 e. The van der Waals surface area contributed by atoms with Crippen LogP contribution in [0.4, 0.5) is 5.82 Å². The van der Waals surface area contributed by atoms with E-state index in [4.69, 9.17) is 17.1 Å². The first kappa shape index (κ1) is 14.2. The molecule has 0 radical (unpaired) electrons. The van der Waals surface area contributed by atoms with Crippen molar-refractivity contribution in [2.75, 3.05) is 5.73 Å². The lowest BCUT2D eigenvalue weighted by molar-refractivity contribution is 0.733. The highest BCUT2D eigenvalue weighted by atomic mass is 15.1. The molecule has 1 heterocycles. The van der Waals surface area contributed by atoms with E-state index in [9.17, 15) is 0 Å². The van der Waals surface area contributed by atoms with Crippen LogP contribution in [0.5, 0.6) is 0 Å². The smallest absolute Gasteiger partial charge is 0.132 e. The molecule has 0 saturated carbocycles. The van der Waals surface area contributed by atoms with Crippen LogP contribution < -0.4 is 5.73 Å². The molecule has 0 aliphatic rings. The molecule has 2 rings (SSSR count). The van der Waals surface area contributed by atoms with Gasteiger partial charge in [-0.3, -0.25) is 0 Å². The van der Waals surface area contributed by atoms with Crippen LogP contribution in [0.25, 0.3) is 11.3 Å². The van der Waals surface area contributed by atoms with Crippen molar-refractivity contribution in [2.45, 2.75) is 39.7 Å². The Labute approximate surface area is 120 Å². The first-order valence-electron chi connectivity index (χ1n) is 7.09. The Balaban J connectivity index is 2.57. The molecule has 0 spiro atoms. The summed E-state index contributed by atoms with van der Waals surface area (Å²) in [5, 5.41) is 0. The summed E-state index contributed by atoms with van der Waals surface area (Å²) in [6, 6.07) is 8.26. The highest BCUT2D eigenvalue weighted by molar-refractivity contribution is 5.74. The lowest BCUT2D eigenvalue weighted by Crippen LogP contribution is -2.06. The van der Waals surface area contributed by atoms with Gasteiger partial charge >= 0.3 is 0 Å². The van der Waals surface area contributed by atoms with Gasteiger partial charge in [-0.25, -0.2) is 4.98 Å². The fourth-order valence-electron chi connectivity index (χ4n) is 2.45. The Morgan fingerprint density at radius 3 is 2.70 bits per heavy atom. The molecule has 20 heavy (non-hydrogen) atoms. The Bertz CT molecular complexity index is 632. The number of aryl methyl sites for hydroxylation is 2. The van der Waals surface area contributed by atoms with Gasteiger partial charge in [0.1, 0.15) is 17.3 Å². The summed E-state index contributed by atoms with van der Waals surface area (Å²) in [6.07, 6.45) is 8.32. The SMILES string of the molecule is C#CCn1c(CCC)nc(-c2ccccc2CC)c1N. The average Bonchev–Trinajstić information content (AvgIpc) is 2.77. The summed E-state index contributed by atoms with van der Waals surface area (Å²) in [5.41, 5.74) is 9.51. The lowest BCUT2D eigenvalue weighted by Gasteiger charge is -2.07. The fourth-order valence-corrected chi connectivity index (χ4v) is 2.45. The van der Waals surface area contributed by atoms with Crippen molar-refractivity contribution in [2.24, 2.45) is 0 Å². The van der Waals surface area contributed by atoms with Gasteiger partial charge in [-0.15, -0.1) is 6.42 Å². The van der Waals surface area contributed by atoms with Crippen LogP contribution in [0.1, 0.15) is 31.7 Å². The molecule has 0 bridgehead atoms. The Morgan fingerprint density at radius 1 is 1.30 bits per heavy atom. The Kier molecular flexibility index (Phi) is 4.47. The molecule has 0 amide bonds. The van der Waals surface area contributed by atoms with Gasteiger partial charge in [-0.2, -0.15) is 0 Å². The number of rotatable bonds is 5. The van der Waals surface area contributed by atoms with Crippen molar-refractivity contribution in [3.63, 3.8) is 0 Å². The third-order valence-corrected chi connectivity index (χ3v) is 3.46. The summed E-state index contributed by atoms with van der Waals surface area (Å²) in [7, 11) is 0. The average molecular weight is 267 g/mol. The molecule has 2 N–H and O–H groups in total. The number of imidazole rings is 1. The van der Waals surface area contributed by atoms with Gasteiger partial charge in [0.2, 0.25) is 0 Å². The first-order valence-corrected chi connectivity index (χ1v) is 7.09. The number of anilines is 1. The van der Waals surface area contributed by atoms with E-state index in [0.717, 1.165) is 36.3 Å². The molecule has 0 fully saturated rings. The summed E-state index contributed by atoms with van der Waals surface area (Å²) in [5.74, 6) is 4.31. The highest BCUT2D eigenvalue weighted by Crippen LogP contribution is 2.29. The van der Waals surface area contributed by atoms with Gasteiger partial charge in [0.25, 0.3) is 0 Å². The van der Waals surface area contributed by atoms with E-state index < -0.39 is 0 Å². The number of nitrogens with zero attached hydrogens (tertiary/aromatic N) is 2. The zero-order chi connectivity index (χ0) is 14.5. The summed E-state index contributed by atoms with van der Waals surface area (Å²) < 4.78 is 1.95. The molecule has 3 nitrogen and oxygen atoms in total. The Hall–Kier alpha value is -2.21. The monoisotopic (exact) mass is 267 g/mol. The van der Waals surface area contributed by atoms with E-state index >= 15 is 0 Å². The molecular weight excluding hydrogens is 246 g/mol. The third kappa shape index (κ3) is 2.55. The highest BCUT2D eigenvalue weighted by Gasteiger charge is 2.16. The predicted octanol–water partition coefficient (Wildman–Crippen LogP) is 3.28. The molecule has 0 atom stereocenters. The summed E-state index contributed by atoms with van der Waals surface area (Å²) in [6.45, 7) is 4.74. The van der Waals surface area contributed by atoms with Gasteiger partial charge < -0.3 is 10.3 Å². The first-order chi connectivity index (χ1) is 9.72. The zero-order valence-corrected chi connectivity index (χ0v) is 12.2. The van der Waals surface area contributed by atoms with E-state index in [1.165, 1.54) is 5.56 Å². The van der Waals surface area contributed by atoms with E-state index in [0.29, 0.717) is 12.4 Å². The normalized spacial score (nSPS) is 10.4. The topological polar surface area (TPSA) is 43.8 Å². The number of hydrogen-bond acceptors (Lipinski definition) is 2. The maximum Gasteiger partial charge on any atom is 0.132 e. The number of terminal acetylenes is 1. The van der Waals surface area contributed by atoms with Crippen LogP contribution in [0, 0.1) is 12.3 Å². The van der Waals surface area contributed by atoms with Crippen molar-refractivity contribution in [3.8, 4) is 23.6 Å².